The molecule has 0 unspecified atom stereocenters. The average molecular weight is 217 g/mol. The fraction of sp³-hybridized carbons (Fsp3) is 0.900. The quantitative estimate of drug-likeness (QED) is 0.517. The molecule has 0 radical (unpaired) electrons. The van der Waals surface area contributed by atoms with Gasteiger partial charge in [-0.25, -0.2) is 0 Å². The van der Waals surface area contributed by atoms with Crippen LogP contribution in [-0.2, 0) is 0 Å². The zero-order valence-corrected chi connectivity index (χ0v) is 10.3. The second-order valence-electron chi connectivity index (χ2n) is 5.06. The summed E-state index contributed by atoms with van der Waals surface area (Å²) in [5, 5.41) is 3.26. The van der Waals surface area contributed by atoms with Crippen molar-refractivity contribution in [1.29, 1.82) is 0 Å². The maximum atomic E-state index is 4.94. The molecule has 1 N–H and O–H groups in total. The molecule has 0 aromatic heterocycles. The molecule has 0 aromatic rings. The Morgan fingerprint density at radius 3 is 2.54 bits per heavy atom. The van der Waals surface area contributed by atoms with E-state index in [4.69, 9.17) is 12.2 Å². The summed E-state index contributed by atoms with van der Waals surface area (Å²) in [7, 11) is 0. The lowest BCUT2D eigenvalue weighted by Crippen LogP contribution is -2.41. The van der Waals surface area contributed by atoms with Crippen molar-refractivity contribution in [1.82, 2.24) is 5.32 Å². The Bertz CT molecular complexity index is 201. The van der Waals surface area contributed by atoms with Gasteiger partial charge in [-0.2, -0.15) is 0 Å². The standard InChI is InChI=1S/C10H19NS2/c1-7-4-8(11-9(12)13)6-10(2,3)5-7/h7-8H,4-6H2,1-3H3,(H2,11,12,13)/t7-,8-/m0/s1. The molecule has 0 saturated heterocycles. The third-order valence-electron chi connectivity index (χ3n) is 2.71. The van der Waals surface area contributed by atoms with Crippen molar-refractivity contribution in [3.05, 3.63) is 0 Å². The number of hydrogen-bond acceptors (Lipinski definition) is 1. The lowest BCUT2D eigenvalue weighted by Gasteiger charge is -2.39. The first-order chi connectivity index (χ1) is 5.89. The zero-order chi connectivity index (χ0) is 10.1. The summed E-state index contributed by atoms with van der Waals surface area (Å²) < 4.78 is 0.634. The average Bonchev–Trinajstić information content (AvgIpc) is 1.78. The predicted molar refractivity (Wildman–Crippen MR) is 65.3 cm³/mol. The molecule has 0 bridgehead atoms. The van der Waals surface area contributed by atoms with Gasteiger partial charge in [-0.05, 0) is 30.6 Å². The summed E-state index contributed by atoms with van der Waals surface area (Å²) >= 11 is 9.06. The van der Waals surface area contributed by atoms with Gasteiger partial charge >= 0.3 is 0 Å². The van der Waals surface area contributed by atoms with E-state index in [1.807, 2.05) is 0 Å². The molecule has 1 aliphatic rings. The highest BCUT2D eigenvalue weighted by atomic mass is 32.1. The smallest absolute Gasteiger partial charge is 0.130 e. The molecule has 1 nitrogen and oxygen atoms in total. The summed E-state index contributed by atoms with van der Waals surface area (Å²) in [5.74, 6) is 0.795. The molecule has 2 atom stereocenters. The summed E-state index contributed by atoms with van der Waals surface area (Å²) in [6.07, 6.45) is 3.76. The van der Waals surface area contributed by atoms with Gasteiger partial charge in [-0.15, -0.1) is 12.6 Å². The van der Waals surface area contributed by atoms with Crippen molar-refractivity contribution in [2.24, 2.45) is 11.3 Å². The third kappa shape index (κ3) is 3.86. The first kappa shape index (κ1) is 11.3. The van der Waals surface area contributed by atoms with E-state index in [1.165, 1.54) is 19.3 Å². The number of thiol groups is 1. The predicted octanol–water partition coefficient (Wildman–Crippen LogP) is 3.01. The van der Waals surface area contributed by atoms with Gasteiger partial charge in [0, 0.05) is 6.04 Å². The van der Waals surface area contributed by atoms with Crippen LogP contribution in [0.15, 0.2) is 0 Å². The van der Waals surface area contributed by atoms with Crippen molar-refractivity contribution in [2.45, 2.75) is 46.1 Å². The van der Waals surface area contributed by atoms with Crippen molar-refractivity contribution in [3.63, 3.8) is 0 Å². The lowest BCUT2D eigenvalue weighted by atomic mass is 9.71. The van der Waals surface area contributed by atoms with Crippen LogP contribution in [0, 0.1) is 11.3 Å². The van der Waals surface area contributed by atoms with E-state index < -0.39 is 0 Å². The van der Waals surface area contributed by atoms with Crippen LogP contribution < -0.4 is 5.32 Å². The van der Waals surface area contributed by atoms with E-state index >= 15 is 0 Å². The minimum Gasteiger partial charge on any atom is -0.368 e. The van der Waals surface area contributed by atoms with Crippen LogP contribution in [0.3, 0.4) is 0 Å². The van der Waals surface area contributed by atoms with Crippen LogP contribution >= 0.6 is 24.8 Å². The van der Waals surface area contributed by atoms with E-state index in [0.29, 0.717) is 15.8 Å². The van der Waals surface area contributed by atoms with E-state index in [-0.39, 0.29) is 0 Å². The van der Waals surface area contributed by atoms with Crippen molar-refractivity contribution in [3.8, 4) is 0 Å². The first-order valence-corrected chi connectivity index (χ1v) is 5.74. The number of nitrogens with one attached hydrogen (secondary N) is 1. The van der Waals surface area contributed by atoms with Crippen LogP contribution in [0.2, 0.25) is 0 Å². The monoisotopic (exact) mass is 217 g/mol. The highest BCUT2D eigenvalue weighted by molar-refractivity contribution is 8.11. The second kappa shape index (κ2) is 4.18. The molecule has 0 spiro atoms. The molecule has 1 aliphatic carbocycles. The fourth-order valence-corrected chi connectivity index (χ4v) is 2.98. The summed E-state index contributed by atoms with van der Waals surface area (Å²) in [5.41, 5.74) is 0.452. The van der Waals surface area contributed by atoms with Gasteiger partial charge in [-0.3, -0.25) is 0 Å². The minimum atomic E-state index is 0.452. The third-order valence-corrected chi connectivity index (χ3v) is 2.96. The molecule has 1 saturated carbocycles. The second-order valence-corrected chi connectivity index (χ2v) is 6.22. The van der Waals surface area contributed by atoms with Crippen LogP contribution in [0.4, 0.5) is 0 Å². The molecular weight excluding hydrogens is 198 g/mol. The van der Waals surface area contributed by atoms with Crippen LogP contribution in [-0.4, -0.2) is 10.4 Å². The summed E-state index contributed by atoms with van der Waals surface area (Å²) in [6.45, 7) is 6.98. The maximum Gasteiger partial charge on any atom is 0.130 e. The van der Waals surface area contributed by atoms with Gasteiger partial charge in [0.05, 0.1) is 0 Å². The van der Waals surface area contributed by atoms with E-state index in [9.17, 15) is 0 Å². The van der Waals surface area contributed by atoms with E-state index in [1.54, 1.807) is 0 Å². The Balaban J connectivity index is 2.52. The minimum absolute atomic E-state index is 0.452. The molecule has 0 aromatic carbocycles. The van der Waals surface area contributed by atoms with E-state index in [0.717, 1.165) is 5.92 Å². The topological polar surface area (TPSA) is 12.0 Å². The fourth-order valence-electron chi connectivity index (χ4n) is 2.63. The number of rotatable bonds is 1. The number of hydrogen-bond donors (Lipinski definition) is 2. The van der Waals surface area contributed by atoms with Crippen molar-refractivity contribution >= 4 is 29.2 Å². The van der Waals surface area contributed by atoms with Crippen molar-refractivity contribution < 1.29 is 0 Å². The van der Waals surface area contributed by atoms with Crippen LogP contribution in [0.1, 0.15) is 40.0 Å². The maximum absolute atomic E-state index is 4.94. The Labute approximate surface area is 92.1 Å². The first-order valence-electron chi connectivity index (χ1n) is 4.88. The molecule has 1 fully saturated rings. The highest BCUT2D eigenvalue weighted by Gasteiger charge is 2.31. The van der Waals surface area contributed by atoms with Gasteiger partial charge in [0.25, 0.3) is 0 Å². The molecule has 13 heavy (non-hydrogen) atoms. The van der Waals surface area contributed by atoms with Crippen LogP contribution in [0.25, 0.3) is 0 Å². The largest absolute Gasteiger partial charge is 0.368 e. The SMILES string of the molecule is C[C@H]1C[C@H](NC(=S)S)CC(C)(C)C1. The zero-order valence-electron chi connectivity index (χ0n) is 8.63. The molecular formula is C10H19NS2. The Kier molecular flexibility index (Phi) is 3.64. The molecule has 0 amide bonds. The lowest BCUT2D eigenvalue weighted by molar-refractivity contribution is 0.162. The molecule has 0 aliphatic heterocycles. The summed E-state index contributed by atoms with van der Waals surface area (Å²) in [4.78, 5) is 0. The summed E-state index contributed by atoms with van der Waals surface area (Å²) in [6, 6.07) is 0.531. The van der Waals surface area contributed by atoms with Gasteiger partial charge < -0.3 is 5.32 Å². The Morgan fingerprint density at radius 1 is 1.46 bits per heavy atom. The molecule has 76 valence electrons. The molecule has 1 rings (SSSR count). The van der Waals surface area contributed by atoms with Gasteiger partial charge in [0.15, 0.2) is 0 Å². The van der Waals surface area contributed by atoms with Crippen molar-refractivity contribution in [2.75, 3.05) is 0 Å². The Hall–Kier alpha value is 0.240. The van der Waals surface area contributed by atoms with E-state index in [2.05, 4.69) is 38.7 Å². The van der Waals surface area contributed by atoms with Gasteiger partial charge in [0.1, 0.15) is 4.32 Å². The number of thiocarbonyl (C=S) groups is 1. The van der Waals surface area contributed by atoms with Crippen LogP contribution in [0.5, 0.6) is 0 Å². The molecule has 3 heteroatoms. The normalized spacial score (nSPS) is 32.6. The Morgan fingerprint density at radius 2 is 2.08 bits per heavy atom. The highest BCUT2D eigenvalue weighted by Crippen LogP contribution is 2.38. The van der Waals surface area contributed by atoms with Gasteiger partial charge in [-0.1, -0.05) is 33.0 Å². The van der Waals surface area contributed by atoms with Gasteiger partial charge in [0.2, 0.25) is 0 Å². The molecule has 0 heterocycles.